The average Bonchev–Trinajstić information content (AvgIpc) is 3.76. The lowest BCUT2D eigenvalue weighted by molar-refractivity contribution is -0.274. The lowest BCUT2D eigenvalue weighted by atomic mass is 9.86. The molecule has 3 aromatic carbocycles. The van der Waals surface area contributed by atoms with Crippen molar-refractivity contribution in [3.8, 4) is 17.2 Å². The molecule has 1 heterocycles. The number of aliphatic hydroxyl groups excluding tert-OH is 1. The number of ether oxygens (including phenoxy) is 2. The average molecular weight is 574 g/mol. The third-order valence-electron chi connectivity index (χ3n) is 7.52. The molecule has 0 aromatic heterocycles. The molecule has 3 aromatic rings. The van der Waals surface area contributed by atoms with Gasteiger partial charge in [0.1, 0.15) is 15.7 Å². The number of aliphatic hydroxyl groups is 1. The minimum absolute atomic E-state index is 0.249. The van der Waals surface area contributed by atoms with Gasteiger partial charge in [-0.2, -0.15) is 0 Å². The van der Waals surface area contributed by atoms with E-state index in [1.165, 1.54) is 12.1 Å². The van der Waals surface area contributed by atoms with Gasteiger partial charge in [0.15, 0.2) is 11.5 Å². The van der Waals surface area contributed by atoms with E-state index in [1.807, 2.05) is 48.5 Å². The Kier molecular flexibility index (Phi) is 7.14. The molecule has 212 valence electrons. The molecular weight excluding hydrogens is 543 g/mol. The second-order valence-electron chi connectivity index (χ2n) is 10.4. The van der Waals surface area contributed by atoms with E-state index in [2.05, 4.69) is 18.7 Å². The minimum Gasteiger partial charge on any atom is -0.453 e. The van der Waals surface area contributed by atoms with Crippen molar-refractivity contribution < 1.29 is 32.0 Å². The summed E-state index contributed by atoms with van der Waals surface area (Å²) in [5, 5.41) is 11.7. The van der Waals surface area contributed by atoms with Gasteiger partial charge >= 0.3 is 6.36 Å². The molecule has 1 unspecified atom stereocenters. The van der Waals surface area contributed by atoms with Crippen LogP contribution in [0.25, 0.3) is 0 Å². The van der Waals surface area contributed by atoms with E-state index in [4.69, 9.17) is 4.74 Å². The zero-order valence-electron chi connectivity index (χ0n) is 21.6. The summed E-state index contributed by atoms with van der Waals surface area (Å²) < 4.78 is 70.1. The van der Waals surface area contributed by atoms with Gasteiger partial charge in [-0.15, -0.1) is 13.2 Å². The number of alkyl halides is 3. The van der Waals surface area contributed by atoms with Crippen LogP contribution in [0.5, 0.6) is 17.2 Å². The fourth-order valence-electron chi connectivity index (χ4n) is 5.38. The van der Waals surface area contributed by atoms with Crippen molar-refractivity contribution >= 4 is 21.3 Å². The zero-order chi connectivity index (χ0) is 27.9. The number of nitrogens with zero attached hydrogens (tertiary/aromatic N) is 2. The van der Waals surface area contributed by atoms with Gasteiger partial charge in [0.25, 0.3) is 0 Å². The summed E-state index contributed by atoms with van der Waals surface area (Å²) in [4.78, 5) is 2.35. The molecule has 0 saturated heterocycles. The van der Waals surface area contributed by atoms with Crippen LogP contribution in [0.3, 0.4) is 0 Å². The number of para-hydroxylation sites is 4. The molecule has 4 atom stereocenters. The van der Waals surface area contributed by atoms with Crippen LogP contribution < -0.4 is 19.1 Å². The Morgan fingerprint density at radius 1 is 0.950 bits per heavy atom. The molecule has 2 N–H and O–H groups in total. The van der Waals surface area contributed by atoms with Gasteiger partial charge in [-0.3, -0.25) is 0 Å². The van der Waals surface area contributed by atoms with E-state index in [0.29, 0.717) is 36.8 Å². The summed E-state index contributed by atoms with van der Waals surface area (Å²) >= 11 is 0. The van der Waals surface area contributed by atoms with Gasteiger partial charge in [-0.25, -0.2) is 13.3 Å². The second-order valence-corrected chi connectivity index (χ2v) is 12.4. The number of hydrogen-bond acceptors (Lipinski definition) is 6. The van der Waals surface area contributed by atoms with Gasteiger partial charge in [-0.05, 0) is 86.6 Å². The molecule has 6 rings (SSSR count). The van der Waals surface area contributed by atoms with Crippen LogP contribution in [0, 0.1) is 5.92 Å². The molecule has 2 saturated carbocycles. The van der Waals surface area contributed by atoms with E-state index in [0.717, 1.165) is 42.8 Å². The Bertz CT molecular complexity index is 1440. The van der Waals surface area contributed by atoms with E-state index in [9.17, 15) is 22.5 Å². The van der Waals surface area contributed by atoms with E-state index < -0.39 is 34.2 Å². The van der Waals surface area contributed by atoms with Gasteiger partial charge in [0.2, 0.25) is 0 Å². The van der Waals surface area contributed by atoms with Crippen LogP contribution in [-0.4, -0.2) is 40.4 Å². The summed E-state index contributed by atoms with van der Waals surface area (Å²) in [7, 11) is -3.26. The molecule has 1 aliphatic heterocycles. The van der Waals surface area contributed by atoms with Gasteiger partial charge in [-0.1, -0.05) is 24.3 Å². The quantitative estimate of drug-likeness (QED) is 0.335. The number of rotatable bonds is 7. The Hall–Kier alpha value is -3.28. The van der Waals surface area contributed by atoms with Gasteiger partial charge in [0.05, 0.1) is 35.0 Å². The Morgan fingerprint density at radius 3 is 2.17 bits per heavy atom. The number of nitrogens with one attached hydrogen (secondary N) is 1. The van der Waals surface area contributed by atoms with Crippen LogP contribution in [0.1, 0.15) is 32.1 Å². The topological polar surface area (TPSA) is 83.4 Å². The lowest BCUT2D eigenvalue weighted by Crippen LogP contribution is -2.56. The normalized spacial score (nSPS) is 23.8. The van der Waals surface area contributed by atoms with Crippen LogP contribution in [0.2, 0.25) is 0 Å². The number of halogens is 3. The summed E-state index contributed by atoms with van der Waals surface area (Å²) in [6, 6.07) is 19.4. The van der Waals surface area contributed by atoms with Gasteiger partial charge < -0.3 is 19.5 Å². The van der Waals surface area contributed by atoms with Crippen LogP contribution in [-0.2, 0) is 9.92 Å². The maximum absolute atomic E-state index is 14.3. The van der Waals surface area contributed by atoms with Crippen molar-refractivity contribution in [2.45, 2.75) is 61.5 Å². The van der Waals surface area contributed by atoms with Crippen molar-refractivity contribution in [3.63, 3.8) is 0 Å². The Labute approximate surface area is 231 Å². The monoisotopic (exact) mass is 573 g/mol. The largest absolute Gasteiger partial charge is 0.573 e. The number of benzene rings is 3. The molecule has 0 bridgehead atoms. The maximum Gasteiger partial charge on any atom is 0.573 e. The van der Waals surface area contributed by atoms with Crippen molar-refractivity contribution in [2.75, 3.05) is 11.4 Å². The van der Waals surface area contributed by atoms with Crippen molar-refractivity contribution in [1.82, 2.24) is 4.72 Å². The van der Waals surface area contributed by atoms with Crippen molar-refractivity contribution in [1.29, 1.82) is 0 Å². The zero-order valence-corrected chi connectivity index (χ0v) is 22.4. The summed E-state index contributed by atoms with van der Waals surface area (Å²) in [6.07, 6.45) is -1.71. The Morgan fingerprint density at radius 2 is 1.57 bits per heavy atom. The molecule has 3 aliphatic rings. The maximum atomic E-state index is 14.3. The predicted octanol–water partition coefficient (Wildman–Crippen LogP) is 6.55. The van der Waals surface area contributed by atoms with E-state index in [1.54, 1.807) is 0 Å². The van der Waals surface area contributed by atoms with Crippen LogP contribution >= 0.6 is 0 Å². The first kappa shape index (κ1) is 26.9. The highest BCUT2D eigenvalue weighted by Crippen LogP contribution is 2.49. The highest BCUT2D eigenvalue weighted by atomic mass is 32.2. The smallest absolute Gasteiger partial charge is 0.453 e. The fourth-order valence-corrected chi connectivity index (χ4v) is 7.33. The molecular formula is C29H30F3N3O4S. The molecule has 0 radical (unpaired) electrons. The predicted molar refractivity (Wildman–Crippen MR) is 145 cm³/mol. The first-order valence-electron chi connectivity index (χ1n) is 13.4. The fraction of sp³-hybridized carbons (Fsp3) is 0.379. The molecule has 0 amide bonds. The third kappa shape index (κ3) is 5.63. The van der Waals surface area contributed by atoms with Gasteiger partial charge in [0, 0.05) is 6.04 Å². The first-order chi connectivity index (χ1) is 19.2. The van der Waals surface area contributed by atoms with E-state index in [-0.39, 0.29) is 10.9 Å². The highest BCUT2D eigenvalue weighted by Gasteiger charge is 2.41. The minimum atomic E-state index is -4.82. The molecule has 11 heteroatoms. The lowest BCUT2D eigenvalue weighted by Gasteiger charge is -2.45. The van der Waals surface area contributed by atoms with Crippen LogP contribution in [0.15, 0.2) is 82.1 Å². The van der Waals surface area contributed by atoms with Crippen molar-refractivity contribution in [2.24, 2.45) is 10.3 Å². The molecule has 2 fully saturated rings. The third-order valence-corrected chi connectivity index (χ3v) is 9.57. The number of hydrogen-bond donors (Lipinski definition) is 2. The first-order valence-corrected chi connectivity index (χ1v) is 14.9. The standard InChI is InChI=1S/C29H30F3N3O4S/c30-29(31,32)39-20-14-16-21(17-15-20)40(37,33-18-19-12-13-19)34-22-6-5-9-25(28(22)36)35-23-7-1-3-10-26(23)38-27-11-4-2-8-24(27)35/h1-4,7-8,10-11,14-17,19,22,25,28,36H,5-6,9,12-13,18H2,(H,33,34,37)/t22-,25+,28+,40?/m1/s1. The molecule has 7 nitrogen and oxygen atoms in total. The molecule has 0 spiro atoms. The second kappa shape index (κ2) is 10.6. The summed E-state index contributed by atoms with van der Waals surface area (Å²) in [5.74, 6) is 1.32. The highest BCUT2D eigenvalue weighted by molar-refractivity contribution is 7.91. The summed E-state index contributed by atoms with van der Waals surface area (Å²) in [6.45, 7) is 0.378. The van der Waals surface area contributed by atoms with E-state index >= 15 is 0 Å². The van der Waals surface area contributed by atoms with Crippen LogP contribution in [0.4, 0.5) is 24.5 Å². The summed E-state index contributed by atoms with van der Waals surface area (Å²) in [5.41, 5.74) is 1.68. The number of anilines is 2. The van der Waals surface area contributed by atoms with Crippen molar-refractivity contribution in [3.05, 3.63) is 72.8 Å². The Balaban J connectivity index is 1.30. The number of fused-ring (bicyclic) bond motifs is 2. The SMILES string of the molecule is O=S(=NCC1CC1)(N[C@@H]1CCC[C@H](N2c3ccccc3Oc3ccccc32)[C@H]1O)c1ccc(OC(F)(F)F)cc1. The molecule has 40 heavy (non-hydrogen) atoms. The molecule has 2 aliphatic carbocycles.